The zero-order valence-electron chi connectivity index (χ0n) is 12.9. The third-order valence-corrected chi connectivity index (χ3v) is 4.19. The molecular weight excluding hydrogens is 326 g/mol. The van der Waals surface area contributed by atoms with Crippen molar-refractivity contribution in [3.05, 3.63) is 53.1 Å². The van der Waals surface area contributed by atoms with E-state index in [9.17, 15) is 0 Å². The number of anilines is 1. The molecule has 0 saturated heterocycles. The Labute approximate surface area is 142 Å². The second-order valence-electron chi connectivity index (χ2n) is 5.31. The smallest absolute Gasteiger partial charge is 0.245 e. The molecular formula is C17H14ClN5O. The second-order valence-corrected chi connectivity index (χ2v) is 5.72. The lowest BCUT2D eigenvalue weighted by Gasteiger charge is -2.05. The van der Waals surface area contributed by atoms with Crippen molar-refractivity contribution >= 4 is 39.6 Å². The molecule has 0 bridgehead atoms. The summed E-state index contributed by atoms with van der Waals surface area (Å²) in [6.45, 7) is 0.529. The normalized spacial score (nSPS) is 11.1. The van der Waals surface area contributed by atoms with E-state index in [2.05, 4.69) is 25.5 Å². The van der Waals surface area contributed by atoms with Gasteiger partial charge in [0.2, 0.25) is 5.95 Å². The fraction of sp³-hybridized carbons (Fsp3) is 0.118. The first-order valence-electron chi connectivity index (χ1n) is 7.42. The number of ether oxygens (including phenoxy) is 1. The average molecular weight is 340 g/mol. The zero-order chi connectivity index (χ0) is 16.5. The van der Waals surface area contributed by atoms with Crippen molar-refractivity contribution in [2.75, 3.05) is 12.4 Å². The quantitative estimate of drug-likeness (QED) is 0.591. The van der Waals surface area contributed by atoms with Gasteiger partial charge in [0.05, 0.1) is 7.11 Å². The lowest BCUT2D eigenvalue weighted by molar-refractivity contribution is 0.415. The number of H-pyrrole nitrogens is 1. The molecule has 0 aliphatic carbocycles. The van der Waals surface area contributed by atoms with Crippen LogP contribution in [0, 0.1) is 0 Å². The summed E-state index contributed by atoms with van der Waals surface area (Å²) in [5.74, 6) is 1.21. The van der Waals surface area contributed by atoms with E-state index in [-0.39, 0.29) is 0 Å². The summed E-state index contributed by atoms with van der Waals surface area (Å²) in [7, 11) is 1.64. The van der Waals surface area contributed by atoms with Crippen LogP contribution in [0.15, 0.2) is 42.5 Å². The summed E-state index contributed by atoms with van der Waals surface area (Å²) in [5, 5.41) is 13.2. The first kappa shape index (κ1) is 14.7. The lowest BCUT2D eigenvalue weighted by Crippen LogP contribution is -2.05. The Morgan fingerprint density at radius 1 is 1.17 bits per heavy atom. The van der Waals surface area contributed by atoms with Crippen LogP contribution in [-0.2, 0) is 6.54 Å². The van der Waals surface area contributed by atoms with Gasteiger partial charge in [0, 0.05) is 22.5 Å². The standard InChI is InChI=1S/C17H14ClN5O/c1-24-11-6-7-14-12(8-11)15-16(20-14)21-17(23-22-15)19-9-10-4-2-3-5-13(10)18/h2-8H,9H2,1H3,(H2,19,20,21,23). The van der Waals surface area contributed by atoms with Gasteiger partial charge in [0.1, 0.15) is 11.3 Å². The molecule has 2 aromatic carbocycles. The van der Waals surface area contributed by atoms with Gasteiger partial charge in [-0.05, 0) is 29.8 Å². The molecule has 120 valence electrons. The molecule has 2 aromatic heterocycles. The van der Waals surface area contributed by atoms with Crippen LogP contribution < -0.4 is 10.1 Å². The zero-order valence-corrected chi connectivity index (χ0v) is 13.6. The number of nitrogens with zero attached hydrogens (tertiary/aromatic N) is 3. The van der Waals surface area contributed by atoms with Crippen LogP contribution in [0.4, 0.5) is 5.95 Å². The fourth-order valence-corrected chi connectivity index (χ4v) is 2.77. The van der Waals surface area contributed by atoms with Crippen molar-refractivity contribution in [2.45, 2.75) is 6.54 Å². The van der Waals surface area contributed by atoms with Crippen LogP contribution in [0.3, 0.4) is 0 Å². The van der Waals surface area contributed by atoms with Crippen molar-refractivity contribution < 1.29 is 4.74 Å². The van der Waals surface area contributed by atoms with Gasteiger partial charge in [-0.1, -0.05) is 29.8 Å². The van der Waals surface area contributed by atoms with Gasteiger partial charge in [0.25, 0.3) is 0 Å². The molecule has 0 radical (unpaired) electrons. The Kier molecular flexibility index (Phi) is 3.66. The lowest BCUT2D eigenvalue weighted by atomic mass is 10.2. The Morgan fingerprint density at radius 3 is 2.88 bits per heavy atom. The molecule has 4 aromatic rings. The van der Waals surface area contributed by atoms with Gasteiger partial charge in [-0.2, -0.15) is 4.98 Å². The number of nitrogens with one attached hydrogen (secondary N) is 2. The van der Waals surface area contributed by atoms with Crippen molar-refractivity contribution in [1.29, 1.82) is 0 Å². The third kappa shape index (κ3) is 2.61. The fourth-order valence-electron chi connectivity index (χ4n) is 2.57. The number of benzene rings is 2. The molecule has 0 amide bonds. The summed E-state index contributed by atoms with van der Waals surface area (Å²) in [6.07, 6.45) is 0. The van der Waals surface area contributed by atoms with Crippen LogP contribution >= 0.6 is 11.6 Å². The highest BCUT2D eigenvalue weighted by molar-refractivity contribution is 6.31. The van der Waals surface area contributed by atoms with Gasteiger partial charge >= 0.3 is 0 Å². The van der Waals surface area contributed by atoms with Crippen LogP contribution in [-0.4, -0.2) is 27.3 Å². The van der Waals surface area contributed by atoms with E-state index in [1.807, 2.05) is 42.5 Å². The molecule has 6 nitrogen and oxygen atoms in total. The van der Waals surface area contributed by atoms with E-state index in [1.54, 1.807) is 7.11 Å². The SMILES string of the molecule is COc1ccc2[nH]c3nc(NCc4ccccc4Cl)nnc3c2c1. The van der Waals surface area contributed by atoms with E-state index < -0.39 is 0 Å². The summed E-state index contributed by atoms with van der Waals surface area (Å²) >= 11 is 6.15. The Balaban J connectivity index is 1.66. The number of methoxy groups -OCH3 is 1. The molecule has 0 aliphatic rings. The summed E-state index contributed by atoms with van der Waals surface area (Å²) in [5.41, 5.74) is 3.31. The second kappa shape index (κ2) is 5.98. The maximum atomic E-state index is 6.15. The monoisotopic (exact) mass is 339 g/mol. The van der Waals surface area contributed by atoms with Crippen molar-refractivity contribution in [3.8, 4) is 5.75 Å². The number of aromatic amines is 1. The van der Waals surface area contributed by atoms with E-state index >= 15 is 0 Å². The number of hydrogen-bond donors (Lipinski definition) is 2. The Morgan fingerprint density at radius 2 is 2.04 bits per heavy atom. The molecule has 7 heteroatoms. The number of fused-ring (bicyclic) bond motifs is 3. The topological polar surface area (TPSA) is 75.7 Å². The van der Waals surface area contributed by atoms with Crippen LogP contribution in [0.1, 0.15) is 5.56 Å². The first-order valence-corrected chi connectivity index (χ1v) is 7.80. The third-order valence-electron chi connectivity index (χ3n) is 3.82. The predicted octanol–water partition coefficient (Wildman–Crippen LogP) is 3.78. The molecule has 2 N–H and O–H groups in total. The molecule has 0 fully saturated rings. The van der Waals surface area contributed by atoms with Crippen molar-refractivity contribution in [3.63, 3.8) is 0 Å². The van der Waals surface area contributed by atoms with Crippen LogP contribution in [0.2, 0.25) is 5.02 Å². The van der Waals surface area contributed by atoms with Gasteiger partial charge in [-0.3, -0.25) is 0 Å². The maximum Gasteiger partial charge on any atom is 0.245 e. The molecule has 24 heavy (non-hydrogen) atoms. The van der Waals surface area contributed by atoms with Crippen LogP contribution in [0.25, 0.3) is 22.1 Å². The van der Waals surface area contributed by atoms with E-state index in [0.717, 1.165) is 22.2 Å². The summed E-state index contributed by atoms with van der Waals surface area (Å²) < 4.78 is 5.26. The van der Waals surface area contributed by atoms with Gasteiger partial charge < -0.3 is 15.0 Å². The Hall–Kier alpha value is -2.86. The summed E-state index contributed by atoms with van der Waals surface area (Å²) in [4.78, 5) is 7.73. The van der Waals surface area contributed by atoms with Crippen molar-refractivity contribution in [2.24, 2.45) is 0 Å². The number of rotatable bonds is 4. The molecule has 0 spiro atoms. The minimum atomic E-state index is 0.445. The minimum Gasteiger partial charge on any atom is -0.497 e. The predicted molar refractivity (Wildman–Crippen MR) is 94.5 cm³/mol. The molecule has 4 rings (SSSR count). The molecule has 0 unspecified atom stereocenters. The summed E-state index contributed by atoms with van der Waals surface area (Å²) in [6, 6.07) is 13.4. The van der Waals surface area contributed by atoms with E-state index in [1.165, 1.54) is 0 Å². The van der Waals surface area contributed by atoms with Gasteiger partial charge in [-0.15, -0.1) is 10.2 Å². The molecule has 0 atom stereocenters. The Bertz CT molecular complexity index is 1030. The van der Waals surface area contributed by atoms with Crippen molar-refractivity contribution in [1.82, 2.24) is 20.2 Å². The first-order chi connectivity index (χ1) is 11.7. The largest absolute Gasteiger partial charge is 0.497 e. The average Bonchev–Trinajstić information content (AvgIpc) is 2.97. The van der Waals surface area contributed by atoms with Crippen LogP contribution in [0.5, 0.6) is 5.75 Å². The molecule has 0 saturated carbocycles. The molecule has 2 heterocycles. The highest BCUT2D eigenvalue weighted by atomic mass is 35.5. The van der Waals surface area contributed by atoms with Gasteiger partial charge in [-0.25, -0.2) is 0 Å². The highest BCUT2D eigenvalue weighted by Crippen LogP contribution is 2.26. The minimum absolute atomic E-state index is 0.445. The number of hydrogen-bond acceptors (Lipinski definition) is 5. The molecule has 0 aliphatic heterocycles. The van der Waals surface area contributed by atoms with Gasteiger partial charge in [0.15, 0.2) is 5.65 Å². The highest BCUT2D eigenvalue weighted by Gasteiger charge is 2.10. The van der Waals surface area contributed by atoms with E-state index in [0.29, 0.717) is 28.7 Å². The van der Waals surface area contributed by atoms with E-state index in [4.69, 9.17) is 16.3 Å². The number of aromatic nitrogens is 4. The number of halogens is 1. The maximum absolute atomic E-state index is 6.15.